The Bertz CT molecular complexity index is 3060. The van der Waals surface area contributed by atoms with Gasteiger partial charge >= 0.3 is 0 Å². The van der Waals surface area contributed by atoms with Gasteiger partial charge in [0.05, 0.1) is 11.0 Å². The van der Waals surface area contributed by atoms with Crippen LogP contribution in [0.1, 0.15) is 0 Å². The first-order chi connectivity index (χ1) is 26.3. The molecule has 9 aromatic carbocycles. The van der Waals surface area contributed by atoms with E-state index < -0.39 is 0 Å². The van der Waals surface area contributed by atoms with E-state index in [2.05, 4.69) is 204 Å². The molecule has 53 heavy (non-hydrogen) atoms. The van der Waals surface area contributed by atoms with Crippen LogP contribution in [-0.4, -0.2) is 4.57 Å². The lowest BCUT2D eigenvalue weighted by molar-refractivity contribution is 1.20. The average Bonchev–Trinajstić information content (AvgIpc) is 3.77. The molecular weight excluding hydrogens is 661 g/mol. The highest BCUT2D eigenvalue weighted by molar-refractivity contribution is 7.25. The maximum atomic E-state index is 2.51. The van der Waals surface area contributed by atoms with E-state index in [-0.39, 0.29) is 0 Å². The number of para-hydroxylation sites is 1. The highest BCUT2D eigenvalue weighted by Crippen LogP contribution is 2.44. The summed E-state index contributed by atoms with van der Waals surface area (Å²) < 4.78 is 5.08. The fourth-order valence-electron chi connectivity index (χ4n) is 8.29. The second-order valence-corrected chi connectivity index (χ2v) is 14.8. The predicted molar refractivity (Wildman–Crippen MR) is 229 cm³/mol. The number of aromatic nitrogens is 1. The van der Waals surface area contributed by atoms with Crippen molar-refractivity contribution in [2.75, 3.05) is 4.90 Å². The van der Waals surface area contributed by atoms with E-state index in [9.17, 15) is 0 Å². The van der Waals surface area contributed by atoms with Crippen molar-refractivity contribution >= 4 is 91.9 Å². The molecule has 0 bridgehead atoms. The first-order valence-electron chi connectivity index (χ1n) is 18.1. The van der Waals surface area contributed by atoms with Gasteiger partial charge in [0.15, 0.2) is 0 Å². The summed E-state index contributed by atoms with van der Waals surface area (Å²) in [5.74, 6) is 0. The molecule has 0 radical (unpaired) electrons. The Kier molecular flexibility index (Phi) is 6.76. The second-order valence-electron chi connectivity index (χ2n) is 13.7. The Morgan fingerprint density at radius 3 is 1.57 bits per heavy atom. The number of fused-ring (bicyclic) bond motifs is 10. The predicted octanol–water partition coefficient (Wildman–Crippen LogP) is 14.6. The molecule has 0 unspecified atom stereocenters. The molecule has 0 fully saturated rings. The lowest BCUT2D eigenvalue weighted by Gasteiger charge is -2.25. The van der Waals surface area contributed by atoms with Crippen molar-refractivity contribution < 1.29 is 0 Å². The van der Waals surface area contributed by atoms with Crippen LogP contribution in [0.15, 0.2) is 194 Å². The van der Waals surface area contributed by atoms with E-state index in [0.29, 0.717) is 0 Å². The summed E-state index contributed by atoms with van der Waals surface area (Å²) in [5.41, 5.74) is 9.53. The van der Waals surface area contributed by atoms with Gasteiger partial charge in [-0.2, -0.15) is 0 Å². The molecule has 248 valence electrons. The van der Waals surface area contributed by atoms with Crippen LogP contribution in [0.25, 0.3) is 80.3 Å². The van der Waals surface area contributed by atoms with Gasteiger partial charge in [0.25, 0.3) is 0 Å². The molecule has 3 heteroatoms. The molecule has 11 rings (SSSR count). The Morgan fingerprint density at radius 1 is 0.340 bits per heavy atom. The van der Waals surface area contributed by atoms with Gasteiger partial charge < -0.3 is 9.47 Å². The smallest absolute Gasteiger partial charge is 0.0619 e. The van der Waals surface area contributed by atoms with Crippen LogP contribution in [0.5, 0.6) is 0 Å². The van der Waals surface area contributed by atoms with E-state index in [4.69, 9.17) is 0 Å². The molecule has 0 saturated heterocycles. The third kappa shape index (κ3) is 4.78. The van der Waals surface area contributed by atoms with Crippen LogP contribution >= 0.6 is 11.3 Å². The van der Waals surface area contributed by atoms with Gasteiger partial charge in [-0.1, -0.05) is 140 Å². The van der Waals surface area contributed by atoms with Gasteiger partial charge in [-0.05, 0) is 76.5 Å². The quantitative estimate of drug-likeness (QED) is 0.174. The van der Waals surface area contributed by atoms with Crippen molar-refractivity contribution in [2.24, 2.45) is 0 Å². The molecule has 0 spiro atoms. The topological polar surface area (TPSA) is 8.17 Å². The minimum atomic E-state index is 1.13. The minimum Gasteiger partial charge on any atom is -0.310 e. The third-order valence-electron chi connectivity index (χ3n) is 10.7. The molecule has 2 nitrogen and oxygen atoms in total. The van der Waals surface area contributed by atoms with Crippen LogP contribution in [0.4, 0.5) is 17.1 Å². The van der Waals surface area contributed by atoms with E-state index >= 15 is 0 Å². The summed E-state index contributed by atoms with van der Waals surface area (Å²) in [6.07, 6.45) is 0. The van der Waals surface area contributed by atoms with E-state index in [0.717, 1.165) is 17.1 Å². The molecule has 0 aliphatic rings. The van der Waals surface area contributed by atoms with E-state index in [1.807, 2.05) is 11.3 Å². The number of nitrogens with zero attached hydrogens (tertiary/aromatic N) is 2. The Morgan fingerprint density at radius 2 is 0.887 bits per heavy atom. The second kappa shape index (κ2) is 11.9. The zero-order valence-electron chi connectivity index (χ0n) is 28.8. The van der Waals surface area contributed by atoms with Crippen LogP contribution in [-0.2, 0) is 0 Å². The summed E-state index contributed by atoms with van der Waals surface area (Å²) >= 11 is 1.87. The van der Waals surface area contributed by atoms with Gasteiger partial charge in [0.1, 0.15) is 0 Å². The first kappa shape index (κ1) is 30.0. The maximum Gasteiger partial charge on any atom is 0.0619 e. The monoisotopic (exact) mass is 692 g/mol. The number of thiophene rings is 1. The Hall–Kier alpha value is -6.68. The first-order valence-corrected chi connectivity index (χ1v) is 18.9. The van der Waals surface area contributed by atoms with Gasteiger partial charge in [-0.25, -0.2) is 0 Å². The summed E-state index contributed by atoms with van der Waals surface area (Å²) in [4.78, 5) is 2.36. The van der Waals surface area contributed by atoms with Crippen LogP contribution in [0.3, 0.4) is 0 Å². The normalized spacial score (nSPS) is 11.8. The molecule has 2 aromatic heterocycles. The molecule has 0 aliphatic heterocycles. The number of hydrogen-bond donors (Lipinski definition) is 0. The number of hydrogen-bond acceptors (Lipinski definition) is 2. The van der Waals surface area contributed by atoms with Crippen molar-refractivity contribution in [3.63, 3.8) is 0 Å². The zero-order valence-corrected chi connectivity index (χ0v) is 29.6. The Labute approximate surface area is 311 Å². The SMILES string of the molecule is c1ccc(-c2ccc(N(c3ccccc3)c3ccc4sc5cc(-n6c7c8ccccc8ccc7c7ccc8ccccc8c76)ccc5c4c3)cc2)cc1. The molecule has 0 saturated carbocycles. The Balaban J connectivity index is 1.09. The average molecular weight is 693 g/mol. The zero-order chi connectivity index (χ0) is 34.9. The van der Waals surface area contributed by atoms with Crippen molar-refractivity contribution in [2.45, 2.75) is 0 Å². The minimum absolute atomic E-state index is 1.13. The largest absolute Gasteiger partial charge is 0.310 e. The molecular formula is C50H32N2S. The highest BCUT2D eigenvalue weighted by atomic mass is 32.1. The number of anilines is 3. The molecule has 11 aromatic rings. The van der Waals surface area contributed by atoms with Crippen molar-refractivity contribution in [3.05, 3.63) is 194 Å². The molecule has 0 N–H and O–H groups in total. The lowest BCUT2D eigenvalue weighted by Crippen LogP contribution is -2.09. The van der Waals surface area contributed by atoms with Crippen LogP contribution in [0.2, 0.25) is 0 Å². The maximum absolute atomic E-state index is 2.51. The lowest BCUT2D eigenvalue weighted by atomic mass is 10.0. The van der Waals surface area contributed by atoms with Gasteiger partial charge in [0.2, 0.25) is 0 Å². The van der Waals surface area contributed by atoms with Gasteiger partial charge in [0, 0.05) is 64.5 Å². The molecule has 0 atom stereocenters. The summed E-state index contributed by atoms with van der Waals surface area (Å²) in [6, 6.07) is 70.8. The van der Waals surface area contributed by atoms with Gasteiger partial charge in [-0.3, -0.25) is 0 Å². The molecule has 0 aliphatic carbocycles. The number of rotatable bonds is 5. The van der Waals surface area contributed by atoms with Crippen molar-refractivity contribution in [1.29, 1.82) is 0 Å². The fourth-order valence-corrected chi connectivity index (χ4v) is 9.41. The van der Waals surface area contributed by atoms with Crippen molar-refractivity contribution in [1.82, 2.24) is 4.57 Å². The summed E-state index contributed by atoms with van der Waals surface area (Å²) in [7, 11) is 0. The third-order valence-corrected chi connectivity index (χ3v) is 11.9. The van der Waals surface area contributed by atoms with E-state index in [1.54, 1.807) is 0 Å². The van der Waals surface area contributed by atoms with Crippen LogP contribution < -0.4 is 4.90 Å². The molecule has 0 amide bonds. The fraction of sp³-hybridized carbons (Fsp3) is 0. The standard InChI is InChI=1S/C50H32N2S/c1-3-11-33(12-4-1)34-19-23-38(24-20-34)51(37-15-5-2-6-16-37)39-26-30-47-46(31-39)43-29-25-40(32-48(43)53-47)52-49-41-17-9-7-13-35(41)21-27-44(49)45-28-22-36-14-8-10-18-42(36)50(45)52/h1-32H. The highest BCUT2D eigenvalue weighted by Gasteiger charge is 2.19. The summed E-state index contributed by atoms with van der Waals surface area (Å²) in [5, 5.41) is 10.1. The van der Waals surface area contributed by atoms with Gasteiger partial charge in [-0.15, -0.1) is 11.3 Å². The van der Waals surface area contributed by atoms with Crippen LogP contribution in [0, 0.1) is 0 Å². The molecule has 2 heterocycles. The van der Waals surface area contributed by atoms with Crippen molar-refractivity contribution in [3.8, 4) is 16.8 Å². The van der Waals surface area contributed by atoms with E-state index in [1.165, 1.54) is 80.3 Å². The summed E-state index contributed by atoms with van der Waals surface area (Å²) in [6.45, 7) is 0. The number of benzene rings is 9.